The summed E-state index contributed by atoms with van der Waals surface area (Å²) in [7, 11) is 0. The van der Waals surface area contributed by atoms with Gasteiger partial charge in [-0.3, -0.25) is 14.5 Å². The number of anilines is 1. The summed E-state index contributed by atoms with van der Waals surface area (Å²) in [5, 5.41) is 0.688. The maximum atomic E-state index is 12.4. The number of nitrogens with zero attached hydrogens (tertiary/aromatic N) is 1. The van der Waals surface area contributed by atoms with E-state index in [4.69, 9.17) is 11.6 Å². The Labute approximate surface area is 116 Å². The molecule has 1 heterocycles. The highest BCUT2D eigenvalue weighted by Crippen LogP contribution is 2.40. The van der Waals surface area contributed by atoms with E-state index < -0.39 is 0 Å². The molecule has 3 nitrogen and oxygen atoms in total. The van der Waals surface area contributed by atoms with Crippen LogP contribution in [-0.4, -0.2) is 11.8 Å². The highest BCUT2D eigenvalue weighted by molar-refractivity contribution is 6.30. The van der Waals surface area contributed by atoms with Crippen molar-refractivity contribution in [2.75, 3.05) is 4.90 Å². The Morgan fingerprint density at radius 1 is 1.11 bits per heavy atom. The van der Waals surface area contributed by atoms with Crippen LogP contribution in [0.25, 0.3) is 0 Å². The standard InChI is InChI=1S/C15H14ClNO2/c1-9-2-5-11(6-3-9)17-14(18)12-7-4-10(16)8-13(12)15(17)19/h2-6,12-13H,7-8H2,1H3/t12-,13+/m1/s1. The maximum absolute atomic E-state index is 12.4. The molecule has 0 saturated carbocycles. The number of imide groups is 1. The summed E-state index contributed by atoms with van der Waals surface area (Å²) in [5.41, 5.74) is 1.76. The molecule has 19 heavy (non-hydrogen) atoms. The summed E-state index contributed by atoms with van der Waals surface area (Å²) in [4.78, 5) is 26.1. The molecular formula is C15H14ClNO2. The molecule has 0 bridgehead atoms. The lowest BCUT2D eigenvalue weighted by Crippen LogP contribution is -2.30. The molecule has 0 radical (unpaired) electrons. The van der Waals surface area contributed by atoms with Crippen molar-refractivity contribution >= 4 is 29.1 Å². The Morgan fingerprint density at radius 2 is 1.74 bits per heavy atom. The van der Waals surface area contributed by atoms with E-state index in [0.717, 1.165) is 5.56 Å². The number of amides is 2. The van der Waals surface area contributed by atoms with E-state index in [0.29, 0.717) is 23.6 Å². The summed E-state index contributed by atoms with van der Waals surface area (Å²) in [5.74, 6) is -0.744. The minimum absolute atomic E-state index is 0.0979. The molecule has 0 spiro atoms. The Hall–Kier alpha value is -1.61. The highest BCUT2D eigenvalue weighted by Gasteiger charge is 2.48. The van der Waals surface area contributed by atoms with Crippen molar-refractivity contribution in [1.29, 1.82) is 0 Å². The number of hydrogen-bond donors (Lipinski definition) is 0. The zero-order valence-corrected chi connectivity index (χ0v) is 11.4. The molecule has 0 N–H and O–H groups in total. The number of aryl methyl sites for hydroxylation is 1. The molecule has 1 saturated heterocycles. The molecule has 3 rings (SSSR count). The fourth-order valence-corrected chi connectivity index (χ4v) is 3.03. The van der Waals surface area contributed by atoms with E-state index in [1.54, 1.807) is 0 Å². The Morgan fingerprint density at radius 3 is 2.42 bits per heavy atom. The molecule has 2 amide bonds. The molecule has 98 valence electrons. The van der Waals surface area contributed by atoms with Crippen LogP contribution in [0.2, 0.25) is 0 Å². The summed E-state index contributed by atoms with van der Waals surface area (Å²) < 4.78 is 0. The zero-order valence-electron chi connectivity index (χ0n) is 10.6. The van der Waals surface area contributed by atoms with Crippen LogP contribution in [-0.2, 0) is 9.59 Å². The first-order chi connectivity index (χ1) is 9.08. The normalized spacial score (nSPS) is 26.4. The van der Waals surface area contributed by atoms with E-state index in [9.17, 15) is 9.59 Å². The third kappa shape index (κ3) is 1.98. The van der Waals surface area contributed by atoms with E-state index >= 15 is 0 Å². The van der Waals surface area contributed by atoms with Crippen LogP contribution in [0, 0.1) is 18.8 Å². The van der Waals surface area contributed by atoms with Crippen molar-refractivity contribution < 1.29 is 9.59 Å². The van der Waals surface area contributed by atoms with Crippen LogP contribution in [0.15, 0.2) is 35.4 Å². The van der Waals surface area contributed by atoms with Gasteiger partial charge in [0.15, 0.2) is 0 Å². The predicted octanol–water partition coefficient (Wildman–Crippen LogP) is 3.02. The molecule has 0 unspecified atom stereocenters. The number of allylic oxidation sites excluding steroid dienone is 2. The number of hydrogen-bond acceptors (Lipinski definition) is 2. The van der Waals surface area contributed by atoms with Gasteiger partial charge in [0.2, 0.25) is 11.8 Å². The largest absolute Gasteiger partial charge is 0.274 e. The van der Waals surface area contributed by atoms with Gasteiger partial charge < -0.3 is 0 Å². The molecule has 1 aliphatic heterocycles. The number of carbonyl (C=O) groups is 2. The van der Waals surface area contributed by atoms with Gasteiger partial charge in [-0.1, -0.05) is 35.4 Å². The van der Waals surface area contributed by atoms with Crippen LogP contribution in [0.4, 0.5) is 5.69 Å². The zero-order chi connectivity index (χ0) is 13.6. The van der Waals surface area contributed by atoms with Gasteiger partial charge in [0.05, 0.1) is 17.5 Å². The summed E-state index contributed by atoms with van der Waals surface area (Å²) >= 11 is 5.99. The summed E-state index contributed by atoms with van der Waals surface area (Å²) in [6.07, 6.45) is 2.90. The van der Waals surface area contributed by atoms with Crippen LogP contribution >= 0.6 is 11.6 Å². The van der Waals surface area contributed by atoms with Crippen molar-refractivity contribution in [2.24, 2.45) is 11.8 Å². The quantitative estimate of drug-likeness (QED) is 0.739. The van der Waals surface area contributed by atoms with Crippen LogP contribution in [0.5, 0.6) is 0 Å². The minimum Gasteiger partial charge on any atom is -0.274 e. The molecule has 4 heteroatoms. The van der Waals surface area contributed by atoms with Crippen molar-refractivity contribution in [3.05, 3.63) is 40.9 Å². The van der Waals surface area contributed by atoms with Gasteiger partial charge in [-0.15, -0.1) is 0 Å². The molecule has 0 aromatic heterocycles. The SMILES string of the molecule is Cc1ccc(N2C(=O)[C@H]3CC(Cl)=CC[C@H]3C2=O)cc1. The first-order valence-electron chi connectivity index (χ1n) is 6.37. The molecule has 2 atom stereocenters. The Bertz CT molecular complexity index is 576. The number of carbonyl (C=O) groups excluding carboxylic acids is 2. The van der Waals surface area contributed by atoms with Gasteiger partial charge in [0.1, 0.15) is 0 Å². The van der Waals surface area contributed by atoms with Crippen LogP contribution < -0.4 is 4.90 Å². The molecule has 1 aliphatic carbocycles. The molecule has 2 aliphatic rings. The van der Waals surface area contributed by atoms with Crippen LogP contribution in [0.1, 0.15) is 18.4 Å². The number of benzene rings is 1. The summed E-state index contributed by atoms with van der Waals surface area (Å²) in [6, 6.07) is 7.45. The smallest absolute Gasteiger partial charge is 0.238 e. The third-order valence-corrected chi connectivity index (χ3v) is 4.17. The van der Waals surface area contributed by atoms with Crippen molar-refractivity contribution in [1.82, 2.24) is 0 Å². The predicted molar refractivity (Wildman–Crippen MR) is 73.8 cm³/mol. The Balaban J connectivity index is 1.95. The van der Waals surface area contributed by atoms with Gasteiger partial charge in [-0.2, -0.15) is 0 Å². The first kappa shape index (κ1) is 12.4. The number of halogens is 1. The highest BCUT2D eigenvalue weighted by atomic mass is 35.5. The van der Waals surface area contributed by atoms with Crippen molar-refractivity contribution in [3.63, 3.8) is 0 Å². The van der Waals surface area contributed by atoms with Gasteiger partial charge in [-0.05, 0) is 31.9 Å². The maximum Gasteiger partial charge on any atom is 0.238 e. The van der Waals surface area contributed by atoms with E-state index in [1.165, 1.54) is 4.90 Å². The second-order valence-corrected chi connectivity index (χ2v) is 5.64. The topological polar surface area (TPSA) is 37.4 Å². The molecule has 1 aromatic carbocycles. The molecular weight excluding hydrogens is 262 g/mol. The average Bonchev–Trinajstić information content (AvgIpc) is 2.63. The van der Waals surface area contributed by atoms with Gasteiger partial charge >= 0.3 is 0 Å². The lowest BCUT2D eigenvalue weighted by Gasteiger charge is -2.17. The second kappa shape index (κ2) is 4.49. The summed E-state index contributed by atoms with van der Waals surface area (Å²) in [6.45, 7) is 1.97. The van der Waals surface area contributed by atoms with E-state index in [1.807, 2.05) is 37.3 Å². The lowest BCUT2D eigenvalue weighted by molar-refractivity contribution is -0.122. The van der Waals surface area contributed by atoms with Crippen molar-refractivity contribution in [3.8, 4) is 0 Å². The third-order valence-electron chi connectivity index (χ3n) is 3.86. The van der Waals surface area contributed by atoms with Crippen molar-refractivity contribution in [2.45, 2.75) is 19.8 Å². The average molecular weight is 276 g/mol. The lowest BCUT2D eigenvalue weighted by atomic mass is 9.85. The number of rotatable bonds is 1. The first-order valence-corrected chi connectivity index (χ1v) is 6.75. The monoisotopic (exact) mass is 275 g/mol. The minimum atomic E-state index is -0.286. The Kier molecular flexibility index (Phi) is 2.94. The fraction of sp³-hybridized carbons (Fsp3) is 0.333. The van der Waals surface area contributed by atoms with E-state index in [-0.39, 0.29) is 23.7 Å². The second-order valence-electron chi connectivity index (χ2n) is 5.15. The van der Waals surface area contributed by atoms with Gasteiger partial charge in [0, 0.05) is 5.03 Å². The molecule has 1 aromatic rings. The number of fused-ring (bicyclic) bond motifs is 1. The van der Waals surface area contributed by atoms with Gasteiger partial charge in [-0.25, -0.2) is 0 Å². The molecule has 1 fully saturated rings. The fourth-order valence-electron chi connectivity index (χ4n) is 2.78. The van der Waals surface area contributed by atoms with E-state index in [2.05, 4.69) is 0 Å². The van der Waals surface area contributed by atoms with Gasteiger partial charge in [0.25, 0.3) is 0 Å². The van der Waals surface area contributed by atoms with Crippen LogP contribution in [0.3, 0.4) is 0 Å².